The van der Waals surface area contributed by atoms with Crippen molar-refractivity contribution in [2.75, 3.05) is 25.7 Å². The Kier molecular flexibility index (Phi) is 5.27. The standard InChI is InChI=1S/C19H23N5O4S/c1-27-14-6-5-13(8-15(14)28-2)23-10-11(7-17(23)25)18(26)20-9-16-21-22-19(29)24(16)12-3-4-12/h5-6,8,11-12H,3-4,7,9-10H2,1-2H3,(H,20,26)(H,22,29). The van der Waals surface area contributed by atoms with Crippen molar-refractivity contribution in [3.8, 4) is 11.5 Å². The maximum Gasteiger partial charge on any atom is 0.227 e. The number of anilines is 1. The Morgan fingerprint density at radius 2 is 2.07 bits per heavy atom. The Morgan fingerprint density at radius 3 is 2.76 bits per heavy atom. The molecule has 9 nitrogen and oxygen atoms in total. The largest absolute Gasteiger partial charge is 0.493 e. The summed E-state index contributed by atoms with van der Waals surface area (Å²) in [6.07, 6.45) is 2.31. The van der Waals surface area contributed by atoms with Gasteiger partial charge in [0.15, 0.2) is 22.1 Å². The lowest BCUT2D eigenvalue weighted by atomic mass is 10.1. The number of H-pyrrole nitrogens is 1. The molecule has 0 radical (unpaired) electrons. The van der Waals surface area contributed by atoms with E-state index in [4.69, 9.17) is 21.7 Å². The molecule has 2 aromatic rings. The van der Waals surface area contributed by atoms with Gasteiger partial charge in [0.05, 0.1) is 26.7 Å². The van der Waals surface area contributed by atoms with E-state index in [9.17, 15) is 9.59 Å². The highest BCUT2D eigenvalue weighted by Crippen LogP contribution is 2.36. The van der Waals surface area contributed by atoms with Gasteiger partial charge in [0, 0.05) is 30.8 Å². The van der Waals surface area contributed by atoms with Crippen LogP contribution in [0, 0.1) is 10.7 Å². The quantitative estimate of drug-likeness (QED) is 0.668. The lowest BCUT2D eigenvalue weighted by Crippen LogP contribution is -2.33. The zero-order valence-corrected chi connectivity index (χ0v) is 17.1. The molecule has 1 aromatic carbocycles. The topological polar surface area (TPSA) is 101 Å². The summed E-state index contributed by atoms with van der Waals surface area (Å²) in [7, 11) is 3.10. The molecular formula is C19H23N5O4S. The minimum Gasteiger partial charge on any atom is -0.493 e. The van der Waals surface area contributed by atoms with Crippen LogP contribution in [-0.4, -0.2) is 47.3 Å². The number of nitrogens with one attached hydrogen (secondary N) is 2. The zero-order valence-electron chi connectivity index (χ0n) is 16.3. The van der Waals surface area contributed by atoms with Crippen molar-refractivity contribution in [2.45, 2.75) is 31.8 Å². The van der Waals surface area contributed by atoms with E-state index in [0.717, 1.165) is 12.8 Å². The van der Waals surface area contributed by atoms with E-state index in [0.29, 0.717) is 40.4 Å². The molecule has 29 heavy (non-hydrogen) atoms. The third-order valence-corrected chi connectivity index (χ3v) is 5.57. The lowest BCUT2D eigenvalue weighted by molar-refractivity contribution is -0.126. The summed E-state index contributed by atoms with van der Waals surface area (Å²) in [4.78, 5) is 26.8. The molecule has 0 bridgehead atoms. The van der Waals surface area contributed by atoms with Gasteiger partial charge in [0.2, 0.25) is 11.8 Å². The second-order valence-corrected chi connectivity index (χ2v) is 7.60. The number of amides is 2. The van der Waals surface area contributed by atoms with Gasteiger partial charge in [-0.05, 0) is 37.2 Å². The van der Waals surface area contributed by atoms with Gasteiger partial charge in [0.25, 0.3) is 0 Å². The fourth-order valence-corrected chi connectivity index (χ4v) is 3.91. The number of ether oxygens (including phenoxy) is 2. The van der Waals surface area contributed by atoms with Crippen molar-refractivity contribution in [2.24, 2.45) is 5.92 Å². The van der Waals surface area contributed by atoms with Gasteiger partial charge in [-0.2, -0.15) is 5.10 Å². The fraction of sp³-hybridized carbons (Fsp3) is 0.474. The van der Waals surface area contributed by atoms with Crippen LogP contribution in [0.1, 0.15) is 31.1 Å². The summed E-state index contributed by atoms with van der Waals surface area (Å²) in [5.74, 6) is 1.14. The van der Waals surface area contributed by atoms with Crippen LogP contribution >= 0.6 is 12.2 Å². The molecule has 2 aliphatic rings. The summed E-state index contributed by atoms with van der Waals surface area (Å²) >= 11 is 5.26. The Hall–Kier alpha value is -2.88. The molecule has 1 saturated heterocycles. The second kappa shape index (κ2) is 7.86. The molecule has 1 aliphatic heterocycles. The number of hydrogen-bond donors (Lipinski definition) is 2. The fourth-order valence-electron chi connectivity index (χ4n) is 3.61. The Morgan fingerprint density at radius 1 is 1.31 bits per heavy atom. The van der Waals surface area contributed by atoms with Gasteiger partial charge in [-0.3, -0.25) is 19.3 Å². The summed E-state index contributed by atoms with van der Waals surface area (Å²) in [6.45, 7) is 0.596. The Labute approximate surface area is 173 Å². The zero-order chi connectivity index (χ0) is 20.5. The molecule has 1 atom stereocenters. The van der Waals surface area contributed by atoms with E-state index >= 15 is 0 Å². The van der Waals surface area contributed by atoms with Crippen LogP contribution in [0.5, 0.6) is 11.5 Å². The molecule has 2 N–H and O–H groups in total. The predicted molar refractivity (Wildman–Crippen MR) is 108 cm³/mol. The number of carbonyl (C=O) groups is 2. The Bertz CT molecular complexity index is 997. The maximum atomic E-state index is 12.7. The molecular weight excluding hydrogens is 394 g/mol. The molecule has 1 unspecified atom stereocenters. The van der Waals surface area contributed by atoms with Crippen LogP contribution in [0.2, 0.25) is 0 Å². The van der Waals surface area contributed by atoms with E-state index in [1.165, 1.54) is 0 Å². The summed E-state index contributed by atoms with van der Waals surface area (Å²) in [5, 5.41) is 9.90. The molecule has 4 rings (SSSR count). The van der Waals surface area contributed by atoms with Gasteiger partial charge in [0.1, 0.15) is 0 Å². The first-order valence-electron chi connectivity index (χ1n) is 9.47. The number of aromatic amines is 1. The van der Waals surface area contributed by atoms with Crippen molar-refractivity contribution >= 4 is 29.7 Å². The number of aromatic nitrogens is 3. The van der Waals surface area contributed by atoms with Crippen LogP contribution in [0.3, 0.4) is 0 Å². The van der Waals surface area contributed by atoms with Crippen LogP contribution < -0.4 is 19.7 Å². The average Bonchev–Trinajstić information content (AvgIpc) is 3.39. The molecule has 2 heterocycles. The lowest BCUT2D eigenvalue weighted by Gasteiger charge is -2.18. The maximum absolute atomic E-state index is 12.7. The number of benzene rings is 1. The van der Waals surface area contributed by atoms with Crippen LogP contribution in [0.25, 0.3) is 0 Å². The Balaban J connectivity index is 1.41. The summed E-state index contributed by atoms with van der Waals surface area (Å²) in [6, 6.07) is 5.65. The molecule has 1 saturated carbocycles. The van der Waals surface area contributed by atoms with E-state index < -0.39 is 5.92 Å². The third kappa shape index (κ3) is 3.84. The van der Waals surface area contributed by atoms with Crippen molar-refractivity contribution in [1.29, 1.82) is 0 Å². The average molecular weight is 417 g/mol. The molecule has 154 valence electrons. The van der Waals surface area contributed by atoms with Crippen LogP contribution in [0.4, 0.5) is 5.69 Å². The van der Waals surface area contributed by atoms with Crippen molar-refractivity contribution in [3.05, 3.63) is 28.8 Å². The summed E-state index contributed by atoms with van der Waals surface area (Å²) in [5.41, 5.74) is 0.678. The number of nitrogens with zero attached hydrogens (tertiary/aromatic N) is 3. The number of rotatable bonds is 7. The molecule has 1 aromatic heterocycles. The molecule has 2 amide bonds. The van der Waals surface area contributed by atoms with Gasteiger partial charge in [-0.25, -0.2) is 0 Å². The first kappa shape index (κ1) is 19.4. The highest BCUT2D eigenvalue weighted by molar-refractivity contribution is 7.71. The smallest absolute Gasteiger partial charge is 0.227 e. The monoisotopic (exact) mass is 417 g/mol. The number of methoxy groups -OCH3 is 2. The summed E-state index contributed by atoms with van der Waals surface area (Å²) < 4.78 is 13.1. The predicted octanol–water partition coefficient (Wildman–Crippen LogP) is 1.96. The highest BCUT2D eigenvalue weighted by Gasteiger charge is 2.35. The van der Waals surface area contributed by atoms with E-state index in [-0.39, 0.29) is 24.8 Å². The van der Waals surface area contributed by atoms with Gasteiger partial charge in [-0.1, -0.05) is 0 Å². The van der Waals surface area contributed by atoms with E-state index in [1.54, 1.807) is 37.3 Å². The second-order valence-electron chi connectivity index (χ2n) is 7.21. The molecule has 1 aliphatic carbocycles. The molecule has 2 fully saturated rings. The minimum absolute atomic E-state index is 0.0990. The first-order valence-corrected chi connectivity index (χ1v) is 9.88. The minimum atomic E-state index is -0.424. The van der Waals surface area contributed by atoms with Gasteiger partial charge >= 0.3 is 0 Å². The SMILES string of the molecule is COc1ccc(N2CC(C(=O)NCc3n[nH]c(=S)n3C3CC3)CC2=O)cc1OC. The molecule has 10 heteroatoms. The first-order chi connectivity index (χ1) is 14.0. The van der Waals surface area contributed by atoms with Crippen molar-refractivity contribution in [1.82, 2.24) is 20.1 Å². The molecule has 0 spiro atoms. The third-order valence-electron chi connectivity index (χ3n) is 5.28. The van der Waals surface area contributed by atoms with Crippen molar-refractivity contribution < 1.29 is 19.1 Å². The van der Waals surface area contributed by atoms with E-state index in [2.05, 4.69) is 15.5 Å². The normalized spacial score (nSPS) is 18.8. The van der Waals surface area contributed by atoms with Gasteiger partial charge < -0.3 is 19.7 Å². The van der Waals surface area contributed by atoms with Gasteiger partial charge in [-0.15, -0.1) is 0 Å². The van der Waals surface area contributed by atoms with Crippen LogP contribution in [-0.2, 0) is 16.1 Å². The highest BCUT2D eigenvalue weighted by atomic mass is 32.1. The van der Waals surface area contributed by atoms with Crippen LogP contribution in [0.15, 0.2) is 18.2 Å². The van der Waals surface area contributed by atoms with E-state index in [1.807, 2.05) is 4.57 Å². The number of carbonyl (C=O) groups excluding carboxylic acids is 2. The van der Waals surface area contributed by atoms with Crippen molar-refractivity contribution in [3.63, 3.8) is 0 Å². The number of hydrogen-bond acceptors (Lipinski definition) is 6.